The summed E-state index contributed by atoms with van der Waals surface area (Å²) >= 11 is 0. The summed E-state index contributed by atoms with van der Waals surface area (Å²) in [5.41, 5.74) is 0.608. The molecule has 0 amide bonds. The first-order valence-electron chi connectivity index (χ1n) is 6.41. The summed E-state index contributed by atoms with van der Waals surface area (Å²) in [7, 11) is 0. The fourth-order valence-corrected chi connectivity index (χ4v) is 2.69. The maximum Gasteiger partial charge on any atom is 0.490 e. The van der Waals surface area contributed by atoms with Gasteiger partial charge in [-0.25, -0.2) is 4.79 Å². The van der Waals surface area contributed by atoms with Gasteiger partial charge in [-0.2, -0.15) is 13.2 Å². The third-order valence-corrected chi connectivity index (χ3v) is 3.64. The van der Waals surface area contributed by atoms with Crippen LogP contribution in [0, 0.1) is 0 Å². The van der Waals surface area contributed by atoms with Crippen LogP contribution in [0.4, 0.5) is 13.2 Å². The second kappa shape index (κ2) is 6.41. The predicted molar refractivity (Wildman–Crippen MR) is 61.4 cm³/mol. The van der Waals surface area contributed by atoms with Crippen molar-refractivity contribution in [1.82, 2.24) is 5.32 Å². The van der Waals surface area contributed by atoms with Crippen molar-refractivity contribution in [3.05, 3.63) is 0 Å². The Morgan fingerprint density at radius 3 is 1.78 bits per heavy atom. The highest BCUT2D eigenvalue weighted by Gasteiger charge is 2.38. The molecule has 2 rings (SSSR count). The summed E-state index contributed by atoms with van der Waals surface area (Å²) in [4.78, 5) is 8.90. The van der Waals surface area contributed by atoms with E-state index < -0.39 is 12.1 Å². The number of aliphatic carboxylic acids is 1. The van der Waals surface area contributed by atoms with Crippen molar-refractivity contribution in [2.45, 2.75) is 63.1 Å². The maximum absolute atomic E-state index is 10.6. The van der Waals surface area contributed by atoms with Crippen molar-refractivity contribution < 1.29 is 23.1 Å². The number of carboxylic acid groups (broad SMARTS) is 1. The average molecular weight is 267 g/mol. The molecule has 1 aliphatic carbocycles. The number of carboxylic acids is 1. The molecule has 0 atom stereocenters. The molecule has 2 fully saturated rings. The normalized spacial score (nSPS) is 23.1. The average Bonchev–Trinajstić information content (AvgIpc) is 2.30. The number of alkyl halides is 3. The fourth-order valence-electron chi connectivity index (χ4n) is 2.69. The number of halogens is 3. The molecule has 2 aliphatic rings. The van der Waals surface area contributed by atoms with Crippen LogP contribution in [0.15, 0.2) is 0 Å². The lowest BCUT2D eigenvalue weighted by atomic mass is 9.76. The van der Waals surface area contributed by atoms with Crippen LogP contribution in [-0.4, -0.2) is 29.3 Å². The van der Waals surface area contributed by atoms with Gasteiger partial charge in [-0.05, 0) is 32.2 Å². The summed E-state index contributed by atoms with van der Waals surface area (Å²) in [6.45, 7) is 1.28. The van der Waals surface area contributed by atoms with E-state index in [-0.39, 0.29) is 0 Å². The molecule has 0 aromatic carbocycles. The monoisotopic (exact) mass is 267 g/mol. The van der Waals surface area contributed by atoms with Crippen LogP contribution in [0.2, 0.25) is 0 Å². The highest BCUT2D eigenvalue weighted by Crippen LogP contribution is 2.34. The number of piperidine rings is 1. The molecule has 0 radical (unpaired) electrons. The molecule has 0 aromatic heterocycles. The number of hydrogen-bond acceptors (Lipinski definition) is 2. The standard InChI is InChI=1S/C10H19N.C2HF3O2/c1-2-6-10(7-3-1)8-4-5-9-11-10;3-2(4,5)1(6)7/h11H,1-9H2;(H,6,7). The van der Waals surface area contributed by atoms with Crippen molar-refractivity contribution in [1.29, 1.82) is 0 Å². The first-order chi connectivity index (χ1) is 8.36. The van der Waals surface area contributed by atoms with E-state index >= 15 is 0 Å². The van der Waals surface area contributed by atoms with Crippen molar-refractivity contribution in [3.63, 3.8) is 0 Å². The Morgan fingerprint density at radius 2 is 1.44 bits per heavy atom. The topological polar surface area (TPSA) is 49.3 Å². The Balaban J connectivity index is 0.000000203. The van der Waals surface area contributed by atoms with Crippen LogP contribution in [0.5, 0.6) is 0 Å². The van der Waals surface area contributed by atoms with E-state index in [1.165, 1.54) is 57.9 Å². The Labute approximate surface area is 105 Å². The van der Waals surface area contributed by atoms with Gasteiger partial charge in [0.25, 0.3) is 0 Å². The molecule has 0 aromatic rings. The van der Waals surface area contributed by atoms with Crippen molar-refractivity contribution in [2.75, 3.05) is 6.54 Å². The molecule has 2 N–H and O–H groups in total. The largest absolute Gasteiger partial charge is 0.490 e. The summed E-state index contributed by atoms with van der Waals surface area (Å²) in [6, 6.07) is 0. The van der Waals surface area contributed by atoms with Crippen molar-refractivity contribution in [3.8, 4) is 0 Å². The SMILES string of the molecule is C1CCC2(CC1)CCCCN2.O=C(O)C(F)(F)F. The van der Waals surface area contributed by atoms with Gasteiger partial charge in [0.05, 0.1) is 0 Å². The van der Waals surface area contributed by atoms with E-state index in [0.29, 0.717) is 5.54 Å². The zero-order valence-electron chi connectivity index (χ0n) is 10.4. The predicted octanol–water partition coefficient (Wildman–Crippen LogP) is 3.10. The lowest BCUT2D eigenvalue weighted by molar-refractivity contribution is -0.192. The van der Waals surface area contributed by atoms with Gasteiger partial charge in [0.15, 0.2) is 0 Å². The molecule has 1 aliphatic heterocycles. The van der Waals surface area contributed by atoms with Crippen LogP contribution in [0.25, 0.3) is 0 Å². The van der Waals surface area contributed by atoms with E-state index in [4.69, 9.17) is 9.90 Å². The number of carbonyl (C=O) groups is 1. The Kier molecular flexibility index (Phi) is 5.44. The number of hydrogen-bond donors (Lipinski definition) is 2. The van der Waals surface area contributed by atoms with Crippen molar-refractivity contribution >= 4 is 5.97 Å². The van der Waals surface area contributed by atoms with Gasteiger partial charge in [-0.3, -0.25) is 0 Å². The third-order valence-electron chi connectivity index (χ3n) is 3.64. The molecular weight excluding hydrogens is 247 g/mol. The first-order valence-corrected chi connectivity index (χ1v) is 6.41. The van der Waals surface area contributed by atoms with Crippen LogP contribution in [0.1, 0.15) is 51.4 Å². The molecule has 1 saturated carbocycles. The van der Waals surface area contributed by atoms with Gasteiger partial charge in [0, 0.05) is 5.54 Å². The van der Waals surface area contributed by atoms with Gasteiger partial charge in [0.2, 0.25) is 0 Å². The maximum atomic E-state index is 10.6. The second-order valence-electron chi connectivity index (χ2n) is 5.03. The Morgan fingerprint density at radius 1 is 1.00 bits per heavy atom. The quantitative estimate of drug-likeness (QED) is 0.709. The molecule has 3 nitrogen and oxygen atoms in total. The second-order valence-corrected chi connectivity index (χ2v) is 5.03. The minimum absolute atomic E-state index is 0.608. The van der Waals surface area contributed by atoms with E-state index in [1.807, 2.05) is 0 Å². The molecule has 18 heavy (non-hydrogen) atoms. The van der Waals surface area contributed by atoms with Crippen LogP contribution >= 0.6 is 0 Å². The van der Waals surface area contributed by atoms with Crippen molar-refractivity contribution in [2.24, 2.45) is 0 Å². The van der Waals surface area contributed by atoms with E-state index in [9.17, 15) is 13.2 Å². The highest BCUT2D eigenvalue weighted by atomic mass is 19.4. The van der Waals surface area contributed by atoms with E-state index in [2.05, 4.69) is 5.32 Å². The number of rotatable bonds is 0. The summed E-state index contributed by atoms with van der Waals surface area (Å²) < 4.78 is 31.7. The minimum Gasteiger partial charge on any atom is -0.475 e. The lowest BCUT2D eigenvalue weighted by Crippen LogP contribution is -2.49. The summed E-state index contributed by atoms with van der Waals surface area (Å²) in [6.07, 6.45) is 6.55. The zero-order chi connectivity index (χ0) is 13.6. The smallest absolute Gasteiger partial charge is 0.475 e. The van der Waals surface area contributed by atoms with Gasteiger partial charge in [-0.15, -0.1) is 0 Å². The molecule has 1 spiro atoms. The molecule has 0 bridgehead atoms. The van der Waals surface area contributed by atoms with Gasteiger partial charge in [0.1, 0.15) is 0 Å². The molecule has 1 saturated heterocycles. The number of nitrogens with one attached hydrogen (secondary N) is 1. The van der Waals surface area contributed by atoms with Gasteiger partial charge in [-0.1, -0.05) is 25.7 Å². The van der Waals surface area contributed by atoms with E-state index in [1.54, 1.807) is 0 Å². The molecular formula is C12H20F3NO2. The highest BCUT2D eigenvalue weighted by molar-refractivity contribution is 5.73. The molecule has 0 unspecified atom stereocenters. The molecule has 1 heterocycles. The van der Waals surface area contributed by atoms with E-state index in [0.717, 1.165) is 0 Å². The molecule has 106 valence electrons. The van der Waals surface area contributed by atoms with Crippen LogP contribution < -0.4 is 5.32 Å². The van der Waals surface area contributed by atoms with Gasteiger partial charge >= 0.3 is 12.1 Å². The fraction of sp³-hybridized carbons (Fsp3) is 0.917. The summed E-state index contributed by atoms with van der Waals surface area (Å²) in [5.74, 6) is -2.76. The van der Waals surface area contributed by atoms with Gasteiger partial charge < -0.3 is 10.4 Å². The zero-order valence-corrected chi connectivity index (χ0v) is 10.4. The Hall–Kier alpha value is -0.780. The molecule has 6 heteroatoms. The minimum atomic E-state index is -5.08. The Bertz CT molecular complexity index is 247. The van der Waals surface area contributed by atoms with Crippen LogP contribution in [-0.2, 0) is 4.79 Å². The third kappa shape index (κ3) is 4.84. The lowest BCUT2D eigenvalue weighted by Gasteiger charge is -2.41. The first kappa shape index (κ1) is 15.3. The van der Waals surface area contributed by atoms with Crippen LogP contribution in [0.3, 0.4) is 0 Å². The summed E-state index contributed by atoms with van der Waals surface area (Å²) in [5, 5.41) is 10.9.